The third-order valence-electron chi connectivity index (χ3n) is 3.52. The number of ether oxygens (including phenoxy) is 1. The van der Waals surface area contributed by atoms with Gasteiger partial charge in [0.25, 0.3) is 0 Å². The molecule has 3 nitrogen and oxygen atoms in total. The van der Waals surface area contributed by atoms with Crippen LogP contribution in [0.2, 0.25) is 0 Å². The lowest BCUT2D eigenvalue weighted by atomic mass is 9.97. The highest BCUT2D eigenvalue weighted by atomic mass is 16.5. The molecule has 24 heavy (non-hydrogen) atoms. The highest BCUT2D eigenvalue weighted by molar-refractivity contribution is 6.21. The maximum absolute atomic E-state index is 11.7. The van der Waals surface area contributed by atoms with Crippen molar-refractivity contribution in [3.05, 3.63) is 64.7 Å². The van der Waals surface area contributed by atoms with Crippen molar-refractivity contribution >= 4 is 17.6 Å². The maximum Gasteiger partial charge on any atom is 0.336 e. The fraction of sp³-hybridized carbons (Fsp3) is 0.286. The van der Waals surface area contributed by atoms with E-state index in [2.05, 4.69) is 0 Å². The fourth-order valence-electron chi connectivity index (χ4n) is 2.52. The Balaban J connectivity index is 2.36. The van der Waals surface area contributed by atoms with Gasteiger partial charge in [-0.1, -0.05) is 35.9 Å². The van der Waals surface area contributed by atoms with E-state index in [4.69, 9.17) is 4.74 Å². The van der Waals surface area contributed by atoms with Gasteiger partial charge in [-0.3, -0.25) is 0 Å². The Morgan fingerprint density at radius 1 is 1.04 bits per heavy atom. The fourth-order valence-corrected chi connectivity index (χ4v) is 2.52. The van der Waals surface area contributed by atoms with Crippen molar-refractivity contribution in [1.82, 2.24) is 0 Å². The van der Waals surface area contributed by atoms with Crippen LogP contribution >= 0.6 is 0 Å². The first-order valence-corrected chi connectivity index (χ1v) is 7.97. The number of carboxylic acids is 1. The Bertz CT molecular complexity index is 763. The van der Waals surface area contributed by atoms with Crippen LogP contribution in [0.15, 0.2) is 42.5 Å². The molecule has 0 saturated heterocycles. The lowest BCUT2D eigenvalue weighted by Crippen LogP contribution is -2.22. The Kier molecular flexibility index (Phi) is 5.13. The van der Waals surface area contributed by atoms with E-state index in [1.54, 1.807) is 6.08 Å². The van der Waals surface area contributed by atoms with E-state index in [1.807, 2.05) is 77.1 Å². The molecule has 0 unspecified atom stereocenters. The van der Waals surface area contributed by atoms with Crippen LogP contribution in [0.25, 0.3) is 11.6 Å². The minimum absolute atomic E-state index is 0.261. The highest BCUT2D eigenvalue weighted by Gasteiger charge is 2.14. The molecule has 0 heterocycles. The van der Waals surface area contributed by atoms with E-state index in [9.17, 15) is 9.90 Å². The molecule has 0 spiro atoms. The molecule has 2 aromatic carbocycles. The zero-order valence-corrected chi connectivity index (χ0v) is 14.9. The number of rotatable bonds is 4. The lowest BCUT2D eigenvalue weighted by Gasteiger charge is -2.21. The van der Waals surface area contributed by atoms with Gasteiger partial charge in [0.1, 0.15) is 11.4 Å². The van der Waals surface area contributed by atoms with E-state index >= 15 is 0 Å². The van der Waals surface area contributed by atoms with Gasteiger partial charge in [-0.2, -0.15) is 0 Å². The monoisotopic (exact) mass is 324 g/mol. The molecule has 1 N–H and O–H groups in total. The number of carbonyl (C=O) groups is 1. The second-order valence-electron chi connectivity index (χ2n) is 6.97. The van der Waals surface area contributed by atoms with E-state index < -0.39 is 5.97 Å². The van der Waals surface area contributed by atoms with Gasteiger partial charge in [-0.25, -0.2) is 4.79 Å². The number of hydrogen-bond acceptors (Lipinski definition) is 2. The summed E-state index contributed by atoms with van der Waals surface area (Å²) in [5, 5.41) is 9.60. The van der Waals surface area contributed by atoms with Crippen LogP contribution in [0, 0.1) is 13.8 Å². The normalized spacial score (nSPS) is 12.1. The minimum atomic E-state index is -0.933. The minimum Gasteiger partial charge on any atom is -0.488 e. The largest absolute Gasteiger partial charge is 0.488 e. The molecule has 0 bridgehead atoms. The zero-order chi connectivity index (χ0) is 17.9. The summed E-state index contributed by atoms with van der Waals surface area (Å²) in [5.74, 6) is -0.167. The summed E-state index contributed by atoms with van der Waals surface area (Å²) in [6, 6.07) is 13.2. The van der Waals surface area contributed by atoms with E-state index in [1.165, 1.54) is 0 Å². The van der Waals surface area contributed by atoms with Gasteiger partial charge >= 0.3 is 5.97 Å². The van der Waals surface area contributed by atoms with Crippen LogP contribution in [-0.4, -0.2) is 16.7 Å². The molecular formula is C21H24O3. The average molecular weight is 324 g/mol. The van der Waals surface area contributed by atoms with Crippen LogP contribution in [-0.2, 0) is 4.79 Å². The van der Waals surface area contributed by atoms with Gasteiger partial charge in [0.05, 0.1) is 5.57 Å². The standard InChI is InChI=1S/C21H24O3/c1-14-6-11-18(15(2)12-14)19(20(22)23)13-16-7-9-17(10-8-16)24-21(3,4)5/h6-13H,1-5H3,(H,22,23)/b19-13-. The quantitative estimate of drug-likeness (QED) is 0.628. The molecule has 0 radical (unpaired) electrons. The lowest BCUT2D eigenvalue weighted by molar-refractivity contribution is -0.130. The van der Waals surface area contributed by atoms with Crippen LogP contribution in [0.1, 0.15) is 43.0 Å². The number of aliphatic carboxylic acids is 1. The van der Waals surface area contributed by atoms with Crippen LogP contribution < -0.4 is 4.74 Å². The SMILES string of the molecule is Cc1ccc(/C(=C/c2ccc(OC(C)(C)C)cc2)C(=O)O)c(C)c1. The average Bonchev–Trinajstić information content (AvgIpc) is 2.45. The summed E-state index contributed by atoms with van der Waals surface area (Å²) in [7, 11) is 0. The number of carboxylic acid groups (broad SMARTS) is 1. The predicted molar refractivity (Wildman–Crippen MR) is 98.2 cm³/mol. The molecule has 0 aromatic heterocycles. The molecular weight excluding hydrogens is 300 g/mol. The summed E-state index contributed by atoms with van der Waals surface area (Å²) < 4.78 is 5.79. The van der Waals surface area contributed by atoms with E-state index in [0.29, 0.717) is 0 Å². The molecule has 0 fully saturated rings. The van der Waals surface area contributed by atoms with Crippen LogP contribution in [0.3, 0.4) is 0 Å². The summed E-state index contributed by atoms with van der Waals surface area (Å²) in [6.45, 7) is 9.89. The zero-order valence-electron chi connectivity index (χ0n) is 14.9. The molecule has 2 rings (SSSR count). The number of hydrogen-bond donors (Lipinski definition) is 1. The summed E-state index contributed by atoms with van der Waals surface area (Å²) in [5.41, 5.74) is 3.66. The number of aryl methyl sites for hydroxylation is 2. The van der Waals surface area contributed by atoms with Gasteiger partial charge in [0, 0.05) is 0 Å². The second-order valence-corrected chi connectivity index (χ2v) is 6.97. The maximum atomic E-state index is 11.7. The van der Waals surface area contributed by atoms with Crippen molar-refractivity contribution in [2.75, 3.05) is 0 Å². The Morgan fingerprint density at radius 3 is 2.17 bits per heavy atom. The summed E-state index contributed by atoms with van der Waals surface area (Å²) in [6.07, 6.45) is 1.70. The summed E-state index contributed by atoms with van der Waals surface area (Å²) in [4.78, 5) is 11.7. The molecule has 0 aliphatic rings. The van der Waals surface area contributed by atoms with Crippen LogP contribution in [0.5, 0.6) is 5.75 Å². The molecule has 0 saturated carbocycles. The van der Waals surface area contributed by atoms with Gasteiger partial charge in [-0.05, 0) is 69.5 Å². The molecule has 126 valence electrons. The highest BCUT2D eigenvalue weighted by Crippen LogP contribution is 2.25. The first-order valence-electron chi connectivity index (χ1n) is 7.97. The van der Waals surface area contributed by atoms with E-state index in [-0.39, 0.29) is 11.2 Å². The van der Waals surface area contributed by atoms with Crippen molar-refractivity contribution in [1.29, 1.82) is 0 Å². The van der Waals surface area contributed by atoms with Crippen molar-refractivity contribution in [3.63, 3.8) is 0 Å². The second kappa shape index (κ2) is 6.91. The van der Waals surface area contributed by atoms with Crippen molar-refractivity contribution in [3.8, 4) is 5.75 Å². The first kappa shape index (κ1) is 17.8. The Labute approximate surface area is 143 Å². The van der Waals surface area contributed by atoms with Gasteiger partial charge in [0.15, 0.2) is 0 Å². The van der Waals surface area contributed by atoms with Crippen molar-refractivity contribution in [2.24, 2.45) is 0 Å². The van der Waals surface area contributed by atoms with Gasteiger partial charge in [0.2, 0.25) is 0 Å². The third-order valence-corrected chi connectivity index (χ3v) is 3.52. The number of benzene rings is 2. The van der Waals surface area contributed by atoms with Gasteiger partial charge in [-0.15, -0.1) is 0 Å². The third kappa shape index (κ3) is 4.72. The van der Waals surface area contributed by atoms with Crippen LogP contribution in [0.4, 0.5) is 0 Å². The molecule has 3 heteroatoms. The van der Waals surface area contributed by atoms with Gasteiger partial charge < -0.3 is 9.84 Å². The smallest absolute Gasteiger partial charge is 0.336 e. The molecule has 0 aliphatic carbocycles. The Hall–Kier alpha value is -2.55. The predicted octanol–water partition coefficient (Wildman–Crippen LogP) is 5.11. The summed E-state index contributed by atoms with van der Waals surface area (Å²) >= 11 is 0. The van der Waals surface area contributed by atoms with Crippen molar-refractivity contribution < 1.29 is 14.6 Å². The molecule has 0 aliphatic heterocycles. The Morgan fingerprint density at radius 2 is 1.67 bits per heavy atom. The molecule has 0 atom stereocenters. The van der Waals surface area contributed by atoms with E-state index in [0.717, 1.165) is 28.0 Å². The molecule has 2 aromatic rings. The molecule has 0 amide bonds. The topological polar surface area (TPSA) is 46.5 Å². The van der Waals surface area contributed by atoms with Crippen molar-refractivity contribution in [2.45, 2.75) is 40.2 Å². The first-order chi connectivity index (χ1) is 11.2.